The maximum atomic E-state index is 12.6. The van der Waals surface area contributed by atoms with Gasteiger partial charge in [-0.3, -0.25) is 14.5 Å². The molecular weight excluding hydrogens is 291 g/mol. The molecule has 4 rings (SSSR count). The summed E-state index contributed by atoms with van der Waals surface area (Å²) in [5.74, 6) is -0.0899. The maximum Gasteiger partial charge on any atom is 0.234 e. The smallest absolute Gasteiger partial charge is 0.234 e. The van der Waals surface area contributed by atoms with Gasteiger partial charge in [0.05, 0.1) is 11.8 Å². The molecule has 3 heterocycles. The van der Waals surface area contributed by atoms with E-state index >= 15 is 0 Å². The van der Waals surface area contributed by atoms with Crippen LogP contribution in [0.15, 0.2) is 12.2 Å². The maximum absolute atomic E-state index is 12.6. The minimum absolute atomic E-state index is 0.0185. The number of likely N-dealkylation sites (tertiary alicyclic amines) is 1. The van der Waals surface area contributed by atoms with Crippen LogP contribution >= 0.6 is 0 Å². The van der Waals surface area contributed by atoms with Crippen LogP contribution in [0.1, 0.15) is 20.8 Å². The highest BCUT2D eigenvalue weighted by molar-refractivity contribution is 6.86. The van der Waals surface area contributed by atoms with Crippen molar-refractivity contribution < 1.29 is 9.59 Å². The molecule has 0 aromatic carbocycles. The predicted molar refractivity (Wildman–Crippen MR) is 92.1 cm³/mol. The molecular formula is C16H27BN2O2Si. The van der Waals surface area contributed by atoms with Crippen molar-refractivity contribution in [3.8, 4) is 0 Å². The number of nitrogens with zero attached hydrogens (tertiary/aromatic N) is 2. The lowest BCUT2D eigenvalue weighted by molar-refractivity contribution is -0.138. The van der Waals surface area contributed by atoms with Crippen LogP contribution < -0.4 is 0 Å². The second kappa shape index (κ2) is 4.57. The van der Waals surface area contributed by atoms with E-state index in [1.165, 1.54) is 4.90 Å². The average molecular weight is 318 g/mol. The number of allylic oxidation sites excluding steroid dienone is 1. The molecule has 120 valence electrons. The molecule has 0 aromatic heterocycles. The summed E-state index contributed by atoms with van der Waals surface area (Å²) in [7, 11) is -0.112. The molecule has 2 fully saturated rings. The van der Waals surface area contributed by atoms with E-state index in [9.17, 15) is 9.59 Å². The molecule has 1 aliphatic carbocycles. The summed E-state index contributed by atoms with van der Waals surface area (Å²) >= 11 is 0. The Morgan fingerprint density at radius 2 is 1.64 bits per heavy atom. The van der Waals surface area contributed by atoms with Crippen molar-refractivity contribution in [1.82, 2.24) is 9.38 Å². The van der Waals surface area contributed by atoms with Crippen LogP contribution in [0.25, 0.3) is 0 Å². The largest absolute Gasteiger partial charge is 0.357 e. The fraction of sp³-hybridized carbons (Fsp3) is 0.750. The molecule has 2 saturated heterocycles. The summed E-state index contributed by atoms with van der Waals surface area (Å²) in [5, 5.41) is 0.222. The Balaban J connectivity index is 2.07. The normalized spacial score (nSPS) is 35.6. The third-order valence-electron chi connectivity index (χ3n) is 6.73. The number of rotatable bonds is 1. The van der Waals surface area contributed by atoms with Gasteiger partial charge in [0.15, 0.2) is 0 Å². The van der Waals surface area contributed by atoms with Crippen LogP contribution in [0.3, 0.4) is 0 Å². The topological polar surface area (TPSA) is 40.6 Å². The zero-order valence-electron chi connectivity index (χ0n) is 14.8. The van der Waals surface area contributed by atoms with E-state index in [0.29, 0.717) is 6.85 Å². The van der Waals surface area contributed by atoms with Crippen LogP contribution in [0.5, 0.6) is 0 Å². The van der Waals surface area contributed by atoms with Gasteiger partial charge in [0.25, 0.3) is 0 Å². The first-order chi connectivity index (χ1) is 10.00. The molecule has 0 radical (unpaired) electrons. The van der Waals surface area contributed by atoms with E-state index in [1.807, 2.05) is 0 Å². The lowest BCUT2D eigenvalue weighted by atomic mass is 9.42. The highest BCUT2D eigenvalue weighted by atomic mass is 28.3. The monoisotopic (exact) mass is 318 g/mol. The number of hydrogen-bond acceptors (Lipinski definition) is 3. The van der Waals surface area contributed by atoms with Crippen molar-refractivity contribution in [2.75, 3.05) is 7.05 Å². The average Bonchev–Trinajstić information content (AvgIpc) is 2.64. The predicted octanol–water partition coefficient (Wildman–Crippen LogP) is 2.47. The molecule has 4 aliphatic rings. The summed E-state index contributed by atoms with van der Waals surface area (Å²) in [6.45, 7) is 14.3. The molecule has 0 aromatic rings. The van der Waals surface area contributed by atoms with Crippen molar-refractivity contribution in [3.63, 3.8) is 0 Å². The fourth-order valence-corrected chi connectivity index (χ4v) is 7.52. The first-order valence-corrected chi connectivity index (χ1v) is 11.2. The Hall–Kier alpha value is -0.878. The Bertz CT molecular complexity index is 569. The van der Waals surface area contributed by atoms with Crippen molar-refractivity contribution in [2.24, 2.45) is 11.8 Å². The summed E-state index contributed by atoms with van der Waals surface area (Å²) in [6, 6.07) is 0.0901. The molecule has 3 aliphatic heterocycles. The number of carbonyl (C=O) groups is 2. The van der Waals surface area contributed by atoms with E-state index < -0.39 is 8.24 Å². The van der Waals surface area contributed by atoms with Gasteiger partial charge in [-0.25, -0.2) is 0 Å². The number of hydrogen-bond donors (Lipinski definition) is 0. The van der Waals surface area contributed by atoms with Gasteiger partial charge in [0.2, 0.25) is 18.7 Å². The van der Waals surface area contributed by atoms with E-state index in [-0.39, 0.29) is 40.5 Å². The third kappa shape index (κ3) is 1.80. The minimum atomic E-state index is -1.75. The molecule has 4 atom stereocenters. The van der Waals surface area contributed by atoms with Gasteiger partial charge in [0, 0.05) is 13.1 Å². The molecule has 0 spiro atoms. The number of fused-ring (bicyclic) bond motifs is 1. The first-order valence-electron chi connectivity index (χ1n) is 8.28. The van der Waals surface area contributed by atoms with Crippen LogP contribution in [0.4, 0.5) is 0 Å². The van der Waals surface area contributed by atoms with Gasteiger partial charge in [-0.2, -0.15) is 0 Å². The van der Waals surface area contributed by atoms with Gasteiger partial charge in [-0.15, -0.1) is 0 Å². The molecule has 2 bridgehead atoms. The Morgan fingerprint density at radius 3 is 2.18 bits per heavy atom. The second-order valence-corrected chi connectivity index (χ2v) is 13.8. The fourth-order valence-electron chi connectivity index (χ4n) is 4.56. The zero-order chi connectivity index (χ0) is 16.6. The van der Waals surface area contributed by atoms with Crippen LogP contribution in [0.2, 0.25) is 30.8 Å². The zero-order valence-corrected chi connectivity index (χ0v) is 15.8. The molecule has 4 unspecified atom stereocenters. The lowest BCUT2D eigenvalue weighted by Gasteiger charge is -2.59. The highest BCUT2D eigenvalue weighted by Crippen LogP contribution is 2.53. The van der Waals surface area contributed by atoms with Gasteiger partial charge in [-0.05, 0) is 10.9 Å². The second-order valence-electron chi connectivity index (χ2n) is 8.70. The summed E-state index contributed by atoms with van der Waals surface area (Å²) in [6.07, 6.45) is 4.40. The van der Waals surface area contributed by atoms with Crippen molar-refractivity contribution >= 4 is 26.9 Å². The highest BCUT2D eigenvalue weighted by Gasteiger charge is 2.63. The van der Waals surface area contributed by atoms with Crippen LogP contribution in [-0.2, 0) is 9.59 Å². The molecule has 4 nitrogen and oxygen atoms in total. The number of imide groups is 1. The van der Waals surface area contributed by atoms with Gasteiger partial charge in [0.1, 0.15) is 8.24 Å². The van der Waals surface area contributed by atoms with Gasteiger partial charge in [-0.1, -0.05) is 52.8 Å². The molecule has 22 heavy (non-hydrogen) atoms. The van der Waals surface area contributed by atoms with E-state index in [2.05, 4.69) is 57.3 Å². The Labute approximate surface area is 135 Å². The third-order valence-corrected chi connectivity index (χ3v) is 12.4. The summed E-state index contributed by atoms with van der Waals surface area (Å²) in [4.78, 5) is 26.5. The van der Waals surface area contributed by atoms with Crippen LogP contribution in [-0.4, -0.2) is 49.4 Å². The summed E-state index contributed by atoms with van der Waals surface area (Å²) < 4.78 is 2.63. The minimum Gasteiger partial charge on any atom is -0.357 e. The van der Waals surface area contributed by atoms with Crippen molar-refractivity contribution in [1.29, 1.82) is 0 Å². The Morgan fingerprint density at radius 1 is 1.09 bits per heavy atom. The number of amides is 2. The molecule has 2 amide bonds. The van der Waals surface area contributed by atoms with Gasteiger partial charge >= 0.3 is 0 Å². The molecule has 6 heteroatoms. The van der Waals surface area contributed by atoms with Crippen molar-refractivity contribution in [3.05, 3.63) is 12.2 Å². The van der Waals surface area contributed by atoms with E-state index in [4.69, 9.17) is 0 Å². The van der Waals surface area contributed by atoms with E-state index in [1.54, 1.807) is 7.05 Å². The quantitative estimate of drug-likeness (QED) is 0.424. The van der Waals surface area contributed by atoms with Crippen molar-refractivity contribution in [2.45, 2.75) is 57.6 Å². The SMILES string of the molecule is CB1C2C=CC(C3C(=O)N(C)C(=O)C23)N1[Si](C)(C)C(C)(C)C. The molecule has 0 saturated carbocycles. The Kier molecular flexibility index (Phi) is 3.32. The van der Waals surface area contributed by atoms with Gasteiger partial charge < -0.3 is 4.48 Å². The summed E-state index contributed by atoms with van der Waals surface area (Å²) in [5.41, 5.74) is 0. The standard InChI is InChI=1S/C16H27BN2O2Si/c1-16(2,3)22(6,7)19-11-9-8-10(17(19)4)12-13(11)15(21)18(5)14(12)20/h8-13H,1-7H3. The van der Waals surface area contributed by atoms with Crippen LogP contribution in [0, 0.1) is 11.8 Å². The number of carbonyl (C=O) groups excluding carboxylic acids is 2. The first kappa shape index (κ1) is 16.0. The van der Waals surface area contributed by atoms with E-state index in [0.717, 1.165) is 0 Å². The lowest BCUT2D eigenvalue weighted by Crippen LogP contribution is -2.71. The molecule has 0 N–H and O–H groups in total.